The van der Waals surface area contributed by atoms with Gasteiger partial charge < -0.3 is 19.2 Å². The predicted molar refractivity (Wildman–Crippen MR) is 111 cm³/mol. The quantitative estimate of drug-likeness (QED) is 0.550. The lowest BCUT2D eigenvalue weighted by molar-refractivity contribution is 0.404. The molecule has 1 N–H and O–H groups in total. The summed E-state index contributed by atoms with van der Waals surface area (Å²) in [5.41, 5.74) is 1.65. The lowest BCUT2D eigenvalue weighted by atomic mass is 10.1. The Bertz CT molecular complexity index is 1330. The van der Waals surface area contributed by atoms with Crippen molar-refractivity contribution >= 4 is 5.78 Å². The zero-order chi connectivity index (χ0) is 21.3. The number of H-pyrrole nitrogens is 1. The number of nitrogens with zero attached hydrogens (tertiary/aromatic N) is 3. The van der Waals surface area contributed by atoms with Gasteiger partial charge in [0.2, 0.25) is 5.78 Å². The van der Waals surface area contributed by atoms with E-state index in [0.29, 0.717) is 40.0 Å². The first-order chi connectivity index (χ1) is 14.6. The van der Waals surface area contributed by atoms with Gasteiger partial charge in [0.15, 0.2) is 0 Å². The van der Waals surface area contributed by atoms with E-state index >= 15 is 0 Å². The minimum atomic E-state index is -0.477. The molecule has 8 heteroatoms. The molecule has 0 amide bonds. The van der Waals surface area contributed by atoms with Gasteiger partial charge in [-0.05, 0) is 42.5 Å². The molecule has 2 aromatic carbocycles. The van der Waals surface area contributed by atoms with E-state index in [4.69, 9.17) is 14.2 Å². The molecule has 4 rings (SSSR count). The summed E-state index contributed by atoms with van der Waals surface area (Å²) < 4.78 is 17.3. The van der Waals surface area contributed by atoms with E-state index in [-0.39, 0.29) is 5.56 Å². The van der Waals surface area contributed by atoms with Gasteiger partial charge in [0.1, 0.15) is 28.9 Å². The number of fused-ring (bicyclic) bond motifs is 1. The maximum atomic E-state index is 13.3. The highest BCUT2D eigenvalue weighted by Gasteiger charge is 2.20. The SMILES string of the molecule is COc1ccc(-c2cnc3[nH]c(-c4cc(OC)ccc4OC)c(C#N)c(=O)n23)cc1. The van der Waals surface area contributed by atoms with E-state index in [1.165, 1.54) is 11.5 Å². The maximum Gasteiger partial charge on any atom is 0.278 e. The molecule has 0 aliphatic heterocycles. The average Bonchev–Trinajstić information content (AvgIpc) is 3.23. The molecule has 0 aliphatic carbocycles. The summed E-state index contributed by atoms with van der Waals surface area (Å²) >= 11 is 0. The Kier molecular flexibility index (Phi) is 4.86. The molecule has 0 atom stereocenters. The molecule has 0 aliphatic rings. The highest BCUT2D eigenvalue weighted by atomic mass is 16.5. The molecule has 0 unspecified atom stereocenters. The smallest absolute Gasteiger partial charge is 0.278 e. The number of aromatic nitrogens is 3. The third kappa shape index (κ3) is 3.02. The fourth-order valence-electron chi connectivity index (χ4n) is 3.32. The molecule has 30 heavy (non-hydrogen) atoms. The van der Waals surface area contributed by atoms with Crippen molar-refractivity contribution in [1.29, 1.82) is 5.26 Å². The van der Waals surface area contributed by atoms with Gasteiger partial charge in [-0.1, -0.05) is 0 Å². The van der Waals surface area contributed by atoms with Crippen LogP contribution in [0, 0.1) is 11.3 Å². The number of rotatable bonds is 5. The van der Waals surface area contributed by atoms with Crippen LogP contribution in [0.1, 0.15) is 5.56 Å². The Balaban J connectivity index is 1.98. The van der Waals surface area contributed by atoms with Crippen molar-refractivity contribution in [3.8, 4) is 45.8 Å². The largest absolute Gasteiger partial charge is 0.497 e. The highest BCUT2D eigenvalue weighted by Crippen LogP contribution is 2.34. The number of aromatic amines is 1. The van der Waals surface area contributed by atoms with Gasteiger partial charge in [-0.15, -0.1) is 0 Å². The van der Waals surface area contributed by atoms with Crippen molar-refractivity contribution in [1.82, 2.24) is 14.4 Å². The molecule has 0 saturated heterocycles. The van der Waals surface area contributed by atoms with Crippen LogP contribution < -0.4 is 19.8 Å². The van der Waals surface area contributed by atoms with Gasteiger partial charge in [-0.3, -0.25) is 4.79 Å². The van der Waals surface area contributed by atoms with Crippen LogP contribution in [0.2, 0.25) is 0 Å². The first-order valence-electron chi connectivity index (χ1n) is 9.02. The van der Waals surface area contributed by atoms with Gasteiger partial charge in [0.05, 0.1) is 38.9 Å². The fraction of sp³-hybridized carbons (Fsp3) is 0.136. The number of nitrogens with one attached hydrogen (secondary N) is 1. The number of ether oxygens (including phenoxy) is 3. The van der Waals surface area contributed by atoms with E-state index in [2.05, 4.69) is 9.97 Å². The molecular weight excluding hydrogens is 384 g/mol. The average molecular weight is 402 g/mol. The second-order valence-corrected chi connectivity index (χ2v) is 6.39. The molecule has 4 aromatic rings. The van der Waals surface area contributed by atoms with Gasteiger partial charge in [-0.2, -0.15) is 5.26 Å². The topological polar surface area (TPSA) is 102 Å². The molecule has 0 saturated carbocycles. The monoisotopic (exact) mass is 402 g/mol. The lowest BCUT2D eigenvalue weighted by Gasteiger charge is -2.12. The van der Waals surface area contributed by atoms with Crippen LogP contribution in [-0.4, -0.2) is 35.7 Å². The minimum Gasteiger partial charge on any atom is -0.497 e. The first-order valence-corrected chi connectivity index (χ1v) is 9.02. The second-order valence-electron chi connectivity index (χ2n) is 6.39. The molecule has 0 radical (unpaired) electrons. The molecule has 0 spiro atoms. The second kappa shape index (κ2) is 7.64. The van der Waals surface area contributed by atoms with Crippen molar-refractivity contribution < 1.29 is 14.2 Å². The summed E-state index contributed by atoms with van der Waals surface area (Å²) in [5, 5.41) is 9.79. The van der Waals surface area contributed by atoms with Crippen LogP contribution >= 0.6 is 0 Å². The minimum absolute atomic E-state index is 0.0539. The molecule has 2 aromatic heterocycles. The van der Waals surface area contributed by atoms with Crippen LogP contribution in [0.15, 0.2) is 53.5 Å². The van der Waals surface area contributed by atoms with Crippen molar-refractivity contribution in [2.24, 2.45) is 0 Å². The van der Waals surface area contributed by atoms with Crippen molar-refractivity contribution in [2.45, 2.75) is 0 Å². The Labute approximate surface area is 171 Å². The zero-order valence-electron chi connectivity index (χ0n) is 16.6. The fourth-order valence-corrected chi connectivity index (χ4v) is 3.32. The van der Waals surface area contributed by atoms with Crippen LogP contribution in [0.4, 0.5) is 0 Å². The van der Waals surface area contributed by atoms with E-state index in [1.807, 2.05) is 18.2 Å². The molecule has 0 bridgehead atoms. The molecule has 150 valence electrons. The maximum absolute atomic E-state index is 13.3. The van der Waals surface area contributed by atoms with Crippen molar-refractivity contribution in [3.05, 3.63) is 64.6 Å². The summed E-state index contributed by atoms with van der Waals surface area (Å²) in [5.74, 6) is 2.07. The Morgan fingerprint density at radius 2 is 1.70 bits per heavy atom. The van der Waals surface area contributed by atoms with Crippen molar-refractivity contribution in [3.63, 3.8) is 0 Å². The van der Waals surface area contributed by atoms with Crippen LogP contribution in [-0.2, 0) is 0 Å². The van der Waals surface area contributed by atoms with E-state index in [0.717, 1.165) is 5.56 Å². The molecule has 2 heterocycles. The predicted octanol–water partition coefficient (Wildman–Crippen LogP) is 3.25. The number of hydrogen-bond acceptors (Lipinski definition) is 6. The summed E-state index contributed by atoms with van der Waals surface area (Å²) in [4.78, 5) is 20.7. The molecule has 8 nitrogen and oxygen atoms in total. The first kappa shape index (κ1) is 19.1. The zero-order valence-corrected chi connectivity index (χ0v) is 16.6. The van der Waals surface area contributed by atoms with Crippen LogP contribution in [0.25, 0.3) is 28.3 Å². The van der Waals surface area contributed by atoms with E-state index < -0.39 is 5.56 Å². The number of hydrogen-bond donors (Lipinski definition) is 1. The summed E-state index contributed by atoms with van der Waals surface area (Å²) in [6.07, 6.45) is 1.59. The van der Waals surface area contributed by atoms with Gasteiger partial charge >= 0.3 is 0 Å². The number of nitriles is 1. The number of benzene rings is 2. The molecular formula is C22H18N4O4. The Hall–Kier alpha value is -4.25. The van der Waals surface area contributed by atoms with Gasteiger partial charge in [0.25, 0.3) is 5.56 Å². The van der Waals surface area contributed by atoms with Gasteiger partial charge in [-0.25, -0.2) is 9.38 Å². The van der Waals surface area contributed by atoms with E-state index in [1.54, 1.807) is 50.7 Å². The third-order valence-electron chi connectivity index (χ3n) is 4.84. The molecule has 0 fully saturated rings. The summed E-state index contributed by atoms with van der Waals surface area (Å²) in [6, 6.07) is 14.4. The standard InChI is InChI=1S/C22H18N4O4/c1-28-14-6-4-13(5-7-14)18-12-24-22-25-20(17(11-23)21(27)26(18)22)16-10-15(29-2)8-9-19(16)30-3/h4-10,12H,1-3H3,(H,24,25). The number of imidazole rings is 1. The third-order valence-corrected chi connectivity index (χ3v) is 4.84. The summed E-state index contributed by atoms with van der Waals surface area (Å²) in [7, 11) is 4.64. The number of methoxy groups -OCH3 is 3. The van der Waals surface area contributed by atoms with Crippen LogP contribution in [0.5, 0.6) is 17.2 Å². The Morgan fingerprint density at radius 3 is 2.33 bits per heavy atom. The van der Waals surface area contributed by atoms with Crippen molar-refractivity contribution in [2.75, 3.05) is 21.3 Å². The summed E-state index contributed by atoms with van der Waals surface area (Å²) in [6.45, 7) is 0. The van der Waals surface area contributed by atoms with Gasteiger partial charge in [0, 0.05) is 11.1 Å². The Morgan fingerprint density at radius 1 is 1.00 bits per heavy atom. The lowest BCUT2D eigenvalue weighted by Crippen LogP contribution is -2.19. The highest BCUT2D eigenvalue weighted by molar-refractivity contribution is 5.75. The van der Waals surface area contributed by atoms with Crippen LogP contribution in [0.3, 0.4) is 0 Å². The van der Waals surface area contributed by atoms with E-state index in [9.17, 15) is 10.1 Å². The normalized spacial score (nSPS) is 10.6.